The van der Waals surface area contributed by atoms with Crippen molar-refractivity contribution >= 4 is 16.5 Å². The minimum Gasteiger partial charge on any atom is -0.360 e. The number of H-pyrrole nitrogens is 1. The highest BCUT2D eigenvalue weighted by Crippen LogP contribution is 2.45. The smallest absolute Gasteiger partial charge is 0.125 e. The zero-order valence-electron chi connectivity index (χ0n) is 13.9. The van der Waals surface area contributed by atoms with Crippen molar-refractivity contribution in [2.75, 3.05) is 19.6 Å². The Labute approximate surface area is 137 Å². The van der Waals surface area contributed by atoms with E-state index in [1.165, 1.54) is 56.5 Å². The van der Waals surface area contributed by atoms with Crippen LogP contribution < -0.4 is 0 Å². The van der Waals surface area contributed by atoms with Crippen LogP contribution in [0.4, 0.5) is 4.39 Å². The first-order chi connectivity index (χ1) is 11.1. The van der Waals surface area contributed by atoms with E-state index in [1.807, 2.05) is 13.1 Å². The van der Waals surface area contributed by atoms with E-state index in [0.29, 0.717) is 5.41 Å². The van der Waals surface area contributed by atoms with Crippen LogP contribution >= 0.6 is 0 Å². The molecule has 3 aliphatic rings. The Balaban J connectivity index is 1.53. The average Bonchev–Trinajstić information content (AvgIpc) is 2.98. The molecule has 0 atom stereocenters. The van der Waals surface area contributed by atoms with Crippen LogP contribution in [0.2, 0.25) is 0 Å². The van der Waals surface area contributed by atoms with Crippen LogP contribution in [0.3, 0.4) is 0 Å². The maximum absolute atomic E-state index is 13.6. The molecule has 2 aromatic rings. The van der Waals surface area contributed by atoms with Gasteiger partial charge in [-0.25, -0.2) is 4.39 Å². The van der Waals surface area contributed by atoms with E-state index in [1.54, 1.807) is 12.1 Å². The van der Waals surface area contributed by atoms with Crippen LogP contribution in [-0.2, 0) is 0 Å². The third kappa shape index (κ3) is 2.61. The molecule has 0 aliphatic carbocycles. The van der Waals surface area contributed by atoms with Gasteiger partial charge in [0.25, 0.3) is 0 Å². The summed E-state index contributed by atoms with van der Waals surface area (Å²) < 4.78 is 13.6. The Morgan fingerprint density at radius 1 is 1.26 bits per heavy atom. The molecule has 1 N–H and O–H groups in total. The van der Waals surface area contributed by atoms with Crippen LogP contribution in [0.15, 0.2) is 24.9 Å². The van der Waals surface area contributed by atoms with Crippen LogP contribution in [0, 0.1) is 18.2 Å². The fraction of sp³-hybridized carbons (Fsp3) is 0.500. The maximum Gasteiger partial charge on any atom is 0.125 e. The molecule has 0 unspecified atom stereocenters. The number of fused-ring (bicyclic) bond motifs is 4. The zero-order chi connectivity index (χ0) is 16.0. The van der Waals surface area contributed by atoms with E-state index in [9.17, 15) is 4.39 Å². The van der Waals surface area contributed by atoms with Crippen molar-refractivity contribution in [2.45, 2.75) is 39.0 Å². The molecule has 3 aliphatic heterocycles. The molecule has 0 radical (unpaired) electrons. The Hall–Kier alpha value is -1.61. The number of halogens is 1. The number of aryl methyl sites for hydroxylation is 1. The number of nitrogens with one attached hydrogen (secondary N) is 1. The minimum atomic E-state index is -0.179. The summed E-state index contributed by atoms with van der Waals surface area (Å²) >= 11 is 0. The highest BCUT2D eigenvalue weighted by molar-refractivity contribution is 5.94. The van der Waals surface area contributed by atoms with E-state index in [2.05, 4.69) is 16.5 Å². The second kappa shape index (κ2) is 5.48. The summed E-state index contributed by atoms with van der Waals surface area (Å²) in [7, 11) is 0. The lowest BCUT2D eigenvalue weighted by molar-refractivity contribution is 0.0211. The van der Waals surface area contributed by atoms with Gasteiger partial charge in [0, 0.05) is 22.7 Å². The van der Waals surface area contributed by atoms with Crippen molar-refractivity contribution in [3.05, 3.63) is 41.9 Å². The molecule has 3 heteroatoms. The fourth-order valence-electron chi connectivity index (χ4n) is 4.54. The summed E-state index contributed by atoms with van der Waals surface area (Å²) in [4.78, 5) is 5.80. The maximum atomic E-state index is 13.6. The van der Waals surface area contributed by atoms with Crippen molar-refractivity contribution in [2.24, 2.45) is 5.41 Å². The van der Waals surface area contributed by atoms with Crippen LogP contribution in [0.5, 0.6) is 0 Å². The predicted molar refractivity (Wildman–Crippen MR) is 94.0 cm³/mol. The monoisotopic (exact) mass is 312 g/mol. The first-order valence-electron chi connectivity index (χ1n) is 8.74. The number of rotatable bonds is 4. The minimum absolute atomic E-state index is 0.179. The third-order valence-corrected chi connectivity index (χ3v) is 6.15. The molecule has 1 aromatic heterocycles. The van der Waals surface area contributed by atoms with Crippen molar-refractivity contribution in [3.63, 3.8) is 0 Å². The van der Waals surface area contributed by atoms with Gasteiger partial charge in [-0.3, -0.25) is 0 Å². The molecule has 0 amide bonds. The van der Waals surface area contributed by atoms with Crippen LogP contribution in [-0.4, -0.2) is 29.5 Å². The normalized spacial score (nSPS) is 26.8. The Kier molecular flexibility index (Phi) is 3.56. The topological polar surface area (TPSA) is 19.0 Å². The number of aromatic nitrogens is 1. The number of allylic oxidation sites excluding steroid dienone is 1. The molecular weight excluding hydrogens is 287 g/mol. The van der Waals surface area contributed by atoms with Crippen molar-refractivity contribution in [1.82, 2.24) is 9.88 Å². The molecule has 3 fully saturated rings. The molecule has 23 heavy (non-hydrogen) atoms. The van der Waals surface area contributed by atoms with E-state index in [4.69, 9.17) is 0 Å². The van der Waals surface area contributed by atoms with Crippen molar-refractivity contribution in [3.8, 4) is 0 Å². The van der Waals surface area contributed by atoms with Gasteiger partial charge in [0.1, 0.15) is 5.82 Å². The van der Waals surface area contributed by atoms with Gasteiger partial charge in [-0.05, 0) is 87.3 Å². The second-order valence-electron chi connectivity index (χ2n) is 7.54. The van der Waals surface area contributed by atoms with E-state index >= 15 is 0 Å². The summed E-state index contributed by atoms with van der Waals surface area (Å²) in [5.41, 5.74) is 4.77. The largest absolute Gasteiger partial charge is 0.360 e. The van der Waals surface area contributed by atoms with Gasteiger partial charge in [-0.15, -0.1) is 0 Å². The van der Waals surface area contributed by atoms with Crippen molar-refractivity contribution in [1.29, 1.82) is 0 Å². The lowest BCUT2D eigenvalue weighted by Gasteiger charge is -2.48. The molecule has 2 nitrogen and oxygen atoms in total. The van der Waals surface area contributed by atoms with Gasteiger partial charge in [-0.2, -0.15) is 0 Å². The lowest BCUT2D eigenvalue weighted by Crippen LogP contribution is -2.48. The Morgan fingerprint density at radius 3 is 2.65 bits per heavy atom. The summed E-state index contributed by atoms with van der Waals surface area (Å²) in [6.45, 7) is 10.2. The number of piperidine rings is 3. The molecular formula is C20H25FN2. The molecule has 4 heterocycles. The molecule has 1 aromatic carbocycles. The van der Waals surface area contributed by atoms with E-state index in [0.717, 1.165) is 22.9 Å². The predicted octanol–water partition coefficient (Wildman–Crippen LogP) is 4.89. The van der Waals surface area contributed by atoms with E-state index < -0.39 is 0 Å². The molecule has 2 bridgehead atoms. The highest BCUT2D eigenvalue weighted by Gasteiger charge is 2.38. The van der Waals surface area contributed by atoms with Gasteiger partial charge in [0.15, 0.2) is 0 Å². The average molecular weight is 312 g/mol. The van der Waals surface area contributed by atoms with Gasteiger partial charge in [-0.1, -0.05) is 6.58 Å². The Morgan fingerprint density at radius 2 is 1.96 bits per heavy atom. The number of aromatic amines is 1. The summed E-state index contributed by atoms with van der Waals surface area (Å²) in [6.07, 6.45) is 8.33. The van der Waals surface area contributed by atoms with Crippen LogP contribution in [0.1, 0.15) is 43.2 Å². The molecule has 0 saturated carbocycles. The van der Waals surface area contributed by atoms with Gasteiger partial charge in [0.2, 0.25) is 0 Å². The summed E-state index contributed by atoms with van der Waals surface area (Å²) in [6, 6.07) is 3.19. The van der Waals surface area contributed by atoms with Gasteiger partial charge in [0.05, 0.1) is 0 Å². The first-order valence-corrected chi connectivity index (χ1v) is 8.74. The zero-order valence-corrected chi connectivity index (χ0v) is 13.9. The number of hydrogen-bond acceptors (Lipinski definition) is 1. The molecule has 5 rings (SSSR count). The first kappa shape index (κ1) is 14.9. The standard InChI is InChI=1S/C20H25FN2/c1-14(3-4-20-5-8-23(9-6-20)10-7-20)17-13-22-18-12-16(21)11-15(2)19(17)18/h11-13,22H,1,3-10H2,2H3. The molecule has 3 saturated heterocycles. The summed E-state index contributed by atoms with van der Waals surface area (Å²) in [5.74, 6) is -0.179. The number of nitrogens with zero attached hydrogens (tertiary/aromatic N) is 1. The van der Waals surface area contributed by atoms with Crippen molar-refractivity contribution < 1.29 is 4.39 Å². The molecule has 122 valence electrons. The van der Waals surface area contributed by atoms with Gasteiger partial charge >= 0.3 is 0 Å². The number of hydrogen-bond donors (Lipinski definition) is 1. The molecule has 0 spiro atoms. The van der Waals surface area contributed by atoms with E-state index in [-0.39, 0.29) is 5.82 Å². The highest BCUT2D eigenvalue weighted by atomic mass is 19.1. The quantitative estimate of drug-likeness (QED) is 0.851. The van der Waals surface area contributed by atoms with Crippen LogP contribution in [0.25, 0.3) is 16.5 Å². The fourth-order valence-corrected chi connectivity index (χ4v) is 4.54. The second-order valence-corrected chi connectivity index (χ2v) is 7.54. The number of benzene rings is 1. The summed E-state index contributed by atoms with van der Waals surface area (Å²) in [5, 5.41) is 1.13. The Bertz CT molecular complexity index is 737. The van der Waals surface area contributed by atoms with Gasteiger partial charge < -0.3 is 9.88 Å². The third-order valence-electron chi connectivity index (χ3n) is 6.15. The SMILES string of the molecule is C=C(CCC12CCN(CC1)CC2)c1c[nH]c2cc(F)cc(C)c12. The lowest BCUT2D eigenvalue weighted by atomic mass is 9.68.